The van der Waals surface area contributed by atoms with Crippen LogP contribution in [0.5, 0.6) is 0 Å². The summed E-state index contributed by atoms with van der Waals surface area (Å²) < 4.78 is 0. The molecule has 3 aromatic carbocycles. The van der Waals surface area contributed by atoms with Gasteiger partial charge in [-0.15, -0.1) is 0 Å². The molecule has 4 rings (SSSR count). The fourth-order valence-corrected chi connectivity index (χ4v) is 3.58. The van der Waals surface area contributed by atoms with Crippen LogP contribution in [-0.2, 0) is 11.2 Å². The highest BCUT2D eigenvalue weighted by Gasteiger charge is 2.05. The largest absolute Gasteiger partial charge is 0.361 e. The molecule has 1 amide bonds. The van der Waals surface area contributed by atoms with Gasteiger partial charge in [-0.25, -0.2) is 5.43 Å². The van der Waals surface area contributed by atoms with Crippen LogP contribution in [0.25, 0.3) is 23.1 Å². The van der Waals surface area contributed by atoms with E-state index >= 15 is 0 Å². The molecule has 0 aliphatic heterocycles. The van der Waals surface area contributed by atoms with Gasteiger partial charge in [0.1, 0.15) is 0 Å². The van der Waals surface area contributed by atoms with Gasteiger partial charge in [0, 0.05) is 23.5 Å². The zero-order chi connectivity index (χ0) is 22.7. The second-order valence-corrected chi connectivity index (χ2v) is 7.77. The van der Waals surface area contributed by atoms with E-state index in [-0.39, 0.29) is 5.91 Å². The molecule has 0 aliphatic rings. The van der Waals surface area contributed by atoms with Crippen LogP contribution in [0.1, 0.15) is 29.5 Å². The number of benzene rings is 3. The molecule has 1 aromatic heterocycles. The molecule has 0 bridgehead atoms. The van der Waals surface area contributed by atoms with Crippen molar-refractivity contribution in [3.05, 3.63) is 120 Å². The Labute approximate surface area is 194 Å². The average Bonchev–Trinajstić information content (AvgIpc) is 3.28. The maximum atomic E-state index is 12.4. The number of aromatic nitrogens is 1. The lowest BCUT2D eigenvalue weighted by molar-refractivity contribution is -0.121. The van der Waals surface area contributed by atoms with Crippen LogP contribution in [0.2, 0.25) is 0 Å². The zero-order valence-electron chi connectivity index (χ0n) is 18.4. The number of rotatable bonds is 9. The van der Waals surface area contributed by atoms with Crippen molar-refractivity contribution < 1.29 is 4.79 Å². The summed E-state index contributed by atoms with van der Waals surface area (Å²) in [4.78, 5) is 15.7. The summed E-state index contributed by atoms with van der Waals surface area (Å²) in [6, 6.07) is 28.3. The standard InChI is InChI=1S/C29H27N3O/c33-29(17-9-14-25-22-30-28-16-8-7-15-27(25)28)32-31-26(20-18-23-10-3-1-4-11-23)21-19-24-12-5-2-6-13-24/h1-8,10-13,15-16,18-22,30H,9,14,17H2,(H,32,33)/b20-18+,21-19+. The second-order valence-electron chi connectivity index (χ2n) is 7.77. The van der Waals surface area contributed by atoms with Gasteiger partial charge in [-0.3, -0.25) is 4.79 Å². The summed E-state index contributed by atoms with van der Waals surface area (Å²) in [5, 5.41) is 5.57. The number of allylic oxidation sites excluding steroid dienone is 2. The maximum Gasteiger partial charge on any atom is 0.240 e. The number of para-hydroxylation sites is 1. The van der Waals surface area contributed by atoms with Gasteiger partial charge < -0.3 is 4.98 Å². The van der Waals surface area contributed by atoms with E-state index in [0.29, 0.717) is 12.1 Å². The zero-order valence-corrected chi connectivity index (χ0v) is 18.4. The van der Waals surface area contributed by atoms with Crippen LogP contribution in [0.15, 0.2) is 108 Å². The number of hydrogen-bond acceptors (Lipinski definition) is 2. The molecule has 4 nitrogen and oxygen atoms in total. The smallest absolute Gasteiger partial charge is 0.240 e. The Bertz CT molecular complexity index is 1220. The Morgan fingerprint density at radius 1 is 0.818 bits per heavy atom. The number of H-pyrrole nitrogens is 1. The van der Waals surface area contributed by atoms with E-state index in [9.17, 15) is 4.79 Å². The summed E-state index contributed by atoms with van der Waals surface area (Å²) in [5.74, 6) is -0.0893. The van der Waals surface area contributed by atoms with E-state index in [0.717, 1.165) is 29.5 Å². The number of fused-ring (bicyclic) bond motifs is 1. The first-order valence-electron chi connectivity index (χ1n) is 11.2. The molecule has 0 atom stereocenters. The van der Waals surface area contributed by atoms with E-state index in [1.165, 1.54) is 10.9 Å². The number of aromatic amines is 1. The quantitative estimate of drug-likeness (QED) is 0.233. The number of hydrazone groups is 1. The number of nitrogens with zero attached hydrogens (tertiary/aromatic N) is 1. The predicted octanol–water partition coefficient (Wildman–Crippen LogP) is 6.39. The highest BCUT2D eigenvalue weighted by molar-refractivity contribution is 6.08. The molecule has 0 radical (unpaired) electrons. The third-order valence-corrected chi connectivity index (χ3v) is 5.33. The molecule has 4 aromatic rings. The van der Waals surface area contributed by atoms with Crippen molar-refractivity contribution in [2.24, 2.45) is 5.10 Å². The van der Waals surface area contributed by atoms with Gasteiger partial charge in [-0.05, 0) is 47.8 Å². The van der Waals surface area contributed by atoms with Gasteiger partial charge in [0.2, 0.25) is 5.91 Å². The van der Waals surface area contributed by atoms with Crippen LogP contribution < -0.4 is 5.43 Å². The van der Waals surface area contributed by atoms with Gasteiger partial charge in [0.05, 0.1) is 5.71 Å². The first kappa shape index (κ1) is 22.0. The summed E-state index contributed by atoms with van der Waals surface area (Å²) in [6.07, 6.45) is 11.8. The van der Waals surface area contributed by atoms with E-state index in [1.807, 2.05) is 103 Å². The predicted molar refractivity (Wildman–Crippen MR) is 138 cm³/mol. The monoisotopic (exact) mass is 433 g/mol. The van der Waals surface area contributed by atoms with Gasteiger partial charge >= 0.3 is 0 Å². The van der Waals surface area contributed by atoms with Crippen molar-refractivity contribution in [1.82, 2.24) is 10.4 Å². The third-order valence-electron chi connectivity index (χ3n) is 5.33. The fourth-order valence-electron chi connectivity index (χ4n) is 3.58. The van der Waals surface area contributed by atoms with Crippen LogP contribution in [0.4, 0.5) is 0 Å². The Kier molecular flexibility index (Phi) is 7.64. The van der Waals surface area contributed by atoms with Crippen LogP contribution in [0, 0.1) is 0 Å². The number of aryl methyl sites for hydroxylation is 1. The molecule has 0 fully saturated rings. The molecule has 1 heterocycles. The number of amides is 1. The molecular weight excluding hydrogens is 406 g/mol. The first-order chi connectivity index (χ1) is 16.3. The van der Waals surface area contributed by atoms with Crippen molar-refractivity contribution in [2.45, 2.75) is 19.3 Å². The van der Waals surface area contributed by atoms with Gasteiger partial charge in [-0.2, -0.15) is 5.10 Å². The van der Waals surface area contributed by atoms with Crippen LogP contribution in [-0.4, -0.2) is 16.6 Å². The minimum Gasteiger partial charge on any atom is -0.361 e. The Hall–Kier alpha value is -4.18. The summed E-state index contributed by atoms with van der Waals surface area (Å²) >= 11 is 0. The Morgan fingerprint density at radius 3 is 2.09 bits per heavy atom. The van der Waals surface area contributed by atoms with Crippen LogP contribution >= 0.6 is 0 Å². The first-order valence-corrected chi connectivity index (χ1v) is 11.2. The molecule has 0 saturated heterocycles. The second kappa shape index (κ2) is 11.4. The molecule has 0 spiro atoms. The van der Waals surface area contributed by atoms with E-state index < -0.39 is 0 Å². The van der Waals surface area contributed by atoms with Gasteiger partial charge in [0.15, 0.2) is 0 Å². The molecule has 164 valence electrons. The van der Waals surface area contributed by atoms with E-state index in [4.69, 9.17) is 0 Å². The minimum atomic E-state index is -0.0893. The average molecular weight is 434 g/mol. The molecule has 2 N–H and O–H groups in total. The van der Waals surface area contributed by atoms with E-state index in [1.54, 1.807) is 0 Å². The van der Waals surface area contributed by atoms with E-state index in [2.05, 4.69) is 27.6 Å². The normalized spacial score (nSPS) is 11.3. The molecule has 33 heavy (non-hydrogen) atoms. The lowest BCUT2D eigenvalue weighted by atomic mass is 10.1. The highest BCUT2D eigenvalue weighted by atomic mass is 16.2. The fraction of sp³-hybridized carbons (Fsp3) is 0.103. The Balaban J connectivity index is 1.37. The van der Waals surface area contributed by atoms with Crippen molar-refractivity contribution >= 4 is 34.7 Å². The van der Waals surface area contributed by atoms with Gasteiger partial charge in [-0.1, -0.05) is 91.0 Å². The topological polar surface area (TPSA) is 57.2 Å². The van der Waals surface area contributed by atoms with Gasteiger partial charge in [0.25, 0.3) is 0 Å². The minimum absolute atomic E-state index is 0.0893. The molecule has 4 heteroatoms. The SMILES string of the molecule is O=C(CCCc1c[nH]c2ccccc12)NN=C(/C=C/c1ccccc1)/C=C/c1ccccc1. The van der Waals surface area contributed by atoms with Crippen molar-refractivity contribution in [2.75, 3.05) is 0 Å². The molecule has 0 unspecified atom stereocenters. The summed E-state index contributed by atoms with van der Waals surface area (Å²) in [5.41, 5.74) is 7.89. The van der Waals surface area contributed by atoms with Crippen molar-refractivity contribution in [3.8, 4) is 0 Å². The highest BCUT2D eigenvalue weighted by Crippen LogP contribution is 2.19. The number of hydrogen-bond donors (Lipinski definition) is 2. The number of carbonyl (C=O) groups excluding carboxylic acids is 1. The van der Waals surface area contributed by atoms with Crippen LogP contribution in [0.3, 0.4) is 0 Å². The lowest BCUT2D eigenvalue weighted by Crippen LogP contribution is -2.18. The molecular formula is C29H27N3O. The Morgan fingerprint density at radius 2 is 1.42 bits per heavy atom. The molecule has 0 saturated carbocycles. The number of carbonyl (C=O) groups is 1. The summed E-state index contributed by atoms with van der Waals surface area (Å²) in [7, 11) is 0. The maximum absolute atomic E-state index is 12.4. The third kappa shape index (κ3) is 6.65. The lowest BCUT2D eigenvalue weighted by Gasteiger charge is -2.02. The molecule has 0 aliphatic carbocycles. The van der Waals surface area contributed by atoms with Crippen molar-refractivity contribution in [3.63, 3.8) is 0 Å². The van der Waals surface area contributed by atoms with Crippen molar-refractivity contribution in [1.29, 1.82) is 0 Å². The number of nitrogens with one attached hydrogen (secondary N) is 2. The summed E-state index contributed by atoms with van der Waals surface area (Å²) in [6.45, 7) is 0.